The molecule has 5 heterocycles. The third-order valence-corrected chi connectivity index (χ3v) is 10.7. The molecule has 0 aliphatic carbocycles. The van der Waals surface area contributed by atoms with Crippen LogP contribution in [0.15, 0.2) is 127 Å². The van der Waals surface area contributed by atoms with Crippen molar-refractivity contribution in [3.63, 3.8) is 0 Å². The van der Waals surface area contributed by atoms with E-state index in [1.807, 2.05) is 60.7 Å². The van der Waals surface area contributed by atoms with E-state index in [2.05, 4.69) is 64.1 Å². The second-order valence-corrected chi connectivity index (χ2v) is 14.3. The predicted molar refractivity (Wildman–Crippen MR) is 216 cm³/mol. The number of hydrogen-bond donors (Lipinski definition) is 2. The highest BCUT2D eigenvalue weighted by molar-refractivity contribution is 7.26. The Kier molecular flexibility index (Phi) is 9.31. The number of carbonyl (C=O) groups excluding carboxylic acids is 2. The van der Waals surface area contributed by atoms with Gasteiger partial charge in [0, 0.05) is 33.3 Å². The van der Waals surface area contributed by atoms with Crippen LogP contribution in [0.3, 0.4) is 0 Å². The number of benzene rings is 6. The molecule has 2 aromatic heterocycles. The van der Waals surface area contributed by atoms with Gasteiger partial charge in [-0.1, -0.05) is 54.6 Å². The quantitative estimate of drug-likeness (QED) is 0.160. The lowest BCUT2D eigenvalue weighted by atomic mass is 9.99. The molecule has 0 spiro atoms. The molecule has 6 aromatic carbocycles. The summed E-state index contributed by atoms with van der Waals surface area (Å²) in [4.78, 5) is 30.1. The number of carbonyl (C=O) groups is 2. The number of thiophene rings is 1. The number of nitrogens with one attached hydrogen (secondary N) is 2. The van der Waals surface area contributed by atoms with Gasteiger partial charge >= 0.3 is 0 Å². The van der Waals surface area contributed by atoms with Crippen LogP contribution in [0.1, 0.15) is 32.1 Å². The smallest absolute Gasteiger partial charge is 0.270 e. The number of ether oxygens (including phenoxy) is 4. The fourth-order valence-corrected chi connectivity index (χ4v) is 7.96. The van der Waals surface area contributed by atoms with Crippen molar-refractivity contribution in [2.24, 2.45) is 0 Å². The molecule has 10 heteroatoms. The average Bonchev–Trinajstić information content (AvgIpc) is 3.63. The van der Waals surface area contributed by atoms with E-state index >= 15 is 0 Å². The summed E-state index contributed by atoms with van der Waals surface area (Å²) < 4.78 is 26.8. The minimum Gasteiger partial charge on any atom is -0.490 e. The van der Waals surface area contributed by atoms with Gasteiger partial charge in [-0.2, -0.15) is 0 Å². The minimum atomic E-state index is -0.377. The molecule has 8 aromatic rings. The van der Waals surface area contributed by atoms with Crippen molar-refractivity contribution in [2.75, 3.05) is 26.4 Å². The number of pyridine rings is 1. The van der Waals surface area contributed by atoms with Crippen molar-refractivity contribution in [3.05, 3.63) is 150 Å². The highest BCUT2D eigenvalue weighted by Gasteiger charge is 2.15. The van der Waals surface area contributed by atoms with Crippen LogP contribution in [0.25, 0.3) is 41.7 Å². The molecule has 11 rings (SSSR count). The molecular formula is C45H35N3O6S. The Labute approximate surface area is 320 Å². The zero-order chi connectivity index (χ0) is 37.1. The fourth-order valence-electron chi connectivity index (χ4n) is 6.82. The van der Waals surface area contributed by atoms with Gasteiger partial charge in [0.05, 0.1) is 0 Å². The van der Waals surface area contributed by atoms with Crippen LogP contribution < -0.4 is 29.6 Å². The van der Waals surface area contributed by atoms with Crippen molar-refractivity contribution in [3.8, 4) is 23.0 Å². The van der Waals surface area contributed by atoms with Crippen molar-refractivity contribution in [1.29, 1.82) is 0 Å². The summed E-state index contributed by atoms with van der Waals surface area (Å²) in [7, 11) is 0. The minimum absolute atomic E-state index is 0.157. The Morgan fingerprint density at radius 2 is 0.873 bits per heavy atom. The maximum Gasteiger partial charge on any atom is 0.270 e. The maximum atomic E-state index is 12.9. The van der Waals surface area contributed by atoms with Gasteiger partial charge in [0.25, 0.3) is 11.8 Å². The number of nitrogens with zero attached hydrogens (tertiary/aromatic N) is 1. The van der Waals surface area contributed by atoms with Gasteiger partial charge in [0.2, 0.25) is 0 Å². The summed E-state index contributed by atoms with van der Waals surface area (Å²) in [5, 5.41) is 12.7. The molecule has 2 amide bonds. The molecule has 272 valence electrons. The lowest BCUT2D eigenvalue weighted by Crippen LogP contribution is -2.27. The number of aromatic nitrogens is 1. The first-order valence-electron chi connectivity index (χ1n) is 18.1. The van der Waals surface area contributed by atoms with E-state index in [-0.39, 0.29) is 23.2 Å². The first-order valence-corrected chi connectivity index (χ1v) is 18.9. The van der Waals surface area contributed by atoms with Crippen LogP contribution >= 0.6 is 11.3 Å². The van der Waals surface area contributed by atoms with Crippen LogP contribution in [-0.2, 0) is 13.1 Å². The summed E-state index contributed by atoms with van der Waals surface area (Å²) in [6, 6.07) is 41.1. The van der Waals surface area contributed by atoms with Crippen LogP contribution in [0.2, 0.25) is 0 Å². The SMILES string of the molecule is O=C1NCc2ccc(cc2)OCCOc2ccc3ccc4sc5ccc6ccc(cc6c5c4c3c2)OCCOc2ccc(cc2)CNC(=O)c2cccc1n2. The van der Waals surface area contributed by atoms with Crippen molar-refractivity contribution in [2.45, 2.75) is 13.1 Å². The zero-order valence-electron chi connectivity index (χ0n) is 29.7. The van der Waals surface area contributed by atoms with Gasteiger partial charge in [-0.25, -0.2) is 4.98 Å². The topological polar surface area (TPSA) is 108 Å². The fraction of sp³-hybridized carbons (Fsp3) is 0.133. The third-order valence-electron chi connectivity index (χ3n) is 9.59. The molecule has 55 heavy (non-hydrogen) atoms. The number of fused-ring (bicyclic) bond motifs is 2. The lowest BCUT2D eigenvalue weighted by Gasteiger charge is -2.11. The number of hydrogen-bond acceptors (Lipinski definition) is 8. The second-order valence-electron chi connectivity index (χ2n) is 13.2. The molecule has 0 unspecified atom stereocenters. The maximum absolute atomic E-state index is 12.9. The van der Waals surface area contributed by atoms with E-state index in [1.165, 1.54) is 20.2 Å². The van der Waals surface area contributed by atoms with Gasteiger partial charge < -0.3 is 29.6 Å². The normalized spacial score (nSPS) is 14.3. The second kappa shape index (κ2) is 15.0. The summed E-state index contributed by atoms with van der Waals surface area (Å²) in [6.45, 7) is 2.04. The molecule has 0 saturated carbocycles. The molecule has 0 saturated heterocycles. The highest BCUT2D eigenvalue weighted by atomic mass is 32.1. The Morgan fingerprint density at radius 1 is 0.473 bits per heavy atom. The van der Waals surface area contributed by atoms with E-state index in [1.54, 1.807) is 29.5 Å². The number of rotatable bonds is 0. The van der Waals surface area contributed by atoms with Crippen molar-refractivity contribution >= 4 is 64.9 Å². The van der Waals surface area contributed by atoms with Crippen molar-refractivity contribution in [1.82, 2.24) is 15.6 Å². The molecule has 0 radical (unpaired) electrons. The van der Waals surface area contributed by atoms with Crippen LogP contribution in [0.4, 0.5) is 0 Å². The summed E-state index contributed by atoms with van der Waals surface area (Å²) in [5.41, 5.74) is 2.10. The predicted octanol–water partition coefficient (Wildman–Crippen LogP) is 8.84. The Bertz CT molecular complexity index is 2530. The van der Waals surface area contributed by atoms with E-state index in [0.717, 1.165) is 44.2 Å². The van der Waals surface area contributed by atoms with Crippen LogP contribution in [0, 0.1) is 0 Å². The van der Waals surface area contributed by atoms with E-state index in [9.17, 15) is 9.59 Å². The first kappa shape index (κ1) is 34.1. The third kappa shape index (κ3) is 7.32. The van der Waals surface area contributed by atoms with E-state index < -0.39 is 0 Å². The summed E-state index contributed by atoms with van der Waals surface area (Å²) >= 11 is 1.79. The molecule has 3 aliphatic rings. The van der Waals surface area contributed by atoms with Gasteiger partial charge in [0.15, 0.2) is 0 Å². The Morgan fingerprint density at radius 3 is 1.33 bits per heavy atom. The first-order chi connectivity index (χ1) is 27.0. The van der Waals surface area contributed by atoms with Gasteiger partial charge in [-0.3, -0.25) is 9.59 Å². The van der Waals surface area contributed by atoms with Crippen molar-refractivity contribution < 1.29 is 28.5 Å². The summed E-state index contributed by atoms with van der Waals surface area (Å²) in [6.07, 6.45) is 0. The molecular weight excluding hydrogens is 711 g/mol. The molecule has 0 atom stereocenters. The van der Waals surface area contributed by atoms with Crippen LogP contribution in [-0.4, -0.2) is 43.2 Å². The molecule has 2 N–H and O–H groups in total. The van der Waals surface area contributed by atoms with Gasteiger partial charge in [0.1, 0.15) is 60.8 Å². The zero-order valence-corrected chi connectivity index (χ0v) is 30.5. The highest BCUT2D eigenvalue weighted by Crippen LogP contribution is 2.43. The molecule has 10 bridgehead atoms. The largest absolute Gasteiger partial charge is 0.490 e. The molecule has 9 nitrogen and oxygen atoms in total. The van der Waals surface area contributed by atoms with Crippen LogP contribution in [0.5, 0.6) is 23.0 Å². The van der Waals surface area contributed by atoms with E-state index in [4.69, 9.17) is 18.9 Å². The van der Waals surface area contributed by atoms with Gasteiger partial charge in [-0.15, -0.1) is 11.3 Å². The standard InChI is InChI=1S/C45H35N3O6S/c49-44-38-2-1-3-39(48-38)45(50)47-27-29-6-14-33(15-7-29)52-21-23-54-35-17-9-31-11-19-41-43(37(31)25-35)42-36-24-34(16-8-30(36)10-18-40(42)55-41)53-22-20-51-32-12-4-28(5-13-32)26-46-44/h1-19,24-25H,20-23,26-27H2,(H,46,49)(H,47,50). The number of amides is 2. The molecule has 0 fully saturated rings. The van der Waals surface area contributed by atoms with E-state index in [0.29, 0.717) is 51.0 Å². The monoisotopic (exact) mass is 745 g/mol. The summed E-state index contributed by atoms with van der Waals surface area (Å²) in [5.74, 6) is 2.19. The average molecular weight is 746 g/mol. The lowest BCUT2D eigenvalue weighted by molar-refractivity contribution is 0.0941. The Hall–Kier alpha value is -6.65. The van der Waals surface area contributed by atoms with Gasteiger partial charge in [-0.05, 0) is 105 Å². The molecule has 3 aliphatic heterocycles. The Balaban J connectivity index is 0.993.